The van der Waals surface area contributed by atoms with E-state index < -0.39 is 11.9 Å². The number of benzene rings is 5. The molecular weight excluding hydrogens is 606 g/mol. The molecule has 0 spiro atoms. The first-order valence-electron chi connectivity index (χ1n) is 15.5. The Bertz CT molecular complexity index is 2000. The summed E-state index contributed by atoms with van der Waals surface area (Å²) in [5.41, 5.74) is 5.34. The predicted octanol–water partition coefficient (Wildman–Crippen LogP) is 9.86. The van der Waals surface area contributed by atoms with Gasteiger partial charge in [-0.3, -0.25) is 0 Å². The van der Waals surface area contributed by atoms with Gasteiger partial charge in [0.1, 0.15) is 11.5 Å². The summed E-state index contributed by atoms with van der Waals surface area (Å²) in [4.78, 5) is 26.2. The van der Waals surface area contributed by atoms with E-state index in [4.69, 9.17) is 14.2 Å². The molecule has 5 aromatic carbocycles. The molecule has 1 saturated heterocycles. The largest absolute Gasteiger partial charge is 0.457 e. The van der Waals surface area contributed by atoms with Crippen LogP contribution in [0.15, 0.2) is 136 Å². The smallest absolute Gasteiger partial charge is 0.343 e. The lowest BCUT2D eigenvalue weighted by Gasteiger charge is -2.20. The Kier molecular flexibility index (Phi) is 9.91. The van der Waals surface area contributed by atoms with Crippen molar-refractivity contribution in [2.24, 2.45) is 20.5 Å². The first-order valence-corrected chi connectivity index (χ1v) is 15.5. The number of hydrogen-bond acceptors (Lipinski definition) is 10. The number of carbonyl (C=O) groups is 2. The Labute approximate surface area is 278 Å². The van der Waals surface area contributed by atoms with Crippen molar-refractivity contribution in [2.75, 3.05) is 24.8 Å². The molecule has 0 amide bonds. The second-order valence-electron chi connectivity index (χ2n) is 11.1. The first kappa shape index (κ1) is 31.8. The van der Waals surface area contributed by atoms with E-state index in [0.29, 0.717) is 28.4 Å². The molecular formula is C38H33N5O5. The highest BCUT2D eigenvalue weighted by Crippen LogP contribution is 2.36. The van der Waals surface area contributed by atoms with Crippen LogP contribution in [0.1, 0.15) is 28.8 Å². The van der Waals surface area contributed by atoms with Gasteiger partial charge in [-0.15, -0.1) is 5.11 Å². The quantitative estimate of drug-likeness (QED) is 0.0467. The third-order valence-electron chi connectivity index (χ3n) is 7.78. The Balaban J connectivity index is 1.05. The van der Waals surface area contributed by atoms with Crippen molar-refractivity contribution in [3.8, 4) is 11.5 Å². The highest BCUT2D eigenvalue weighted by molar-refractivity contribution is 6.01. The van der Waals surface area contributed by atoms with Gasteiger partial charge in [-0.25, -0.2) is 9.59 Å². The zero-order valence-electron chi connectivity index (χ0n) is 26.4. The van der Waals surface area contributed by atoms with E-state index in [1.165, 1.54) is 23.9 Å². The van der Waals surface area contributed by atoms with Crippen molar-refractivity contribution in [3.05, 3.63) is 127 Å². The zero-order chi connectivity index (χ0) is 33.3. The molecule has 1 heterocycles. The van der Waals surface area contributed by atoms with Crippen LogP contribution >= 0.6 is 0 Å². The Hall–Kier alpha value is -6.16. The number of hydrogen-bond donors (Lipinski definition) is 0. The average Bonchev–Trinajstić information content (AvgIpc) is 3.66. The van der Waals surface area contributed by atoms with Gasteiger partial charge in [0.2, 0.25) is 6.79 Å². The maximum atomic E-state index is 12.6. The van der Waals surface area contributed by atoms with E-state index in [9.17, 15) is 9.59 Å². The second kappa shape index (κ2) is 15.0. The lowest BCUT2D eigenvalue weighted by Crippen LogP contribution is -2.17. The number of aryl methyl sites for hydroxylation is 1. The molecule has 6 rings (SSSR count). The molecule has 0 unspecified atom stereocenters. The summed E-state index contributed by atoms with van der Waals surface area (Å²) in [7, 11) is 0. The highest BCUT2D eigenvalue weighted by Gasteiger charge is 2.16. The predicted molar refractivity (Wildman–Crippen MR) is 185 cm³/mol. The fourth-order valence-corrected chi connectivity index (χ4v) is 5.27. The average molecular weight is 640 g/mol. The summed E-state index contributed by atoms with van der Waals surface area (Å²) >= 11 is 0. The third kappa shape index (κ3) is 7.79. The summed E-state index contributed by atoms with van der Waals surface area (Å²) in [6, 6.07) is 31.2. The van der Waals surface area contributed by atoms with Gasteiger partial charge in [-0.05, 0) is 104 Å². The van der Waals surface area contributed by atoms with Crippen LogP contribution in [0.4, 0.5) is 28.4 Å². The molecule has 1 aliphatic heterocycles. The van der Waals surface area contributed by atoms with E-state index in [1.54, 1.807) is 48.5 Å². The molecule has 0 saturated carbocycles. The molecule has 10 heteroatoms. The minimum atomic E-state index is -0.583. The molecule has 0 N–H and O–H groups in total. The molecule has 0 aliphatic carbocycles. The van der Waals surface area contributed by atoms with Crippen LogP contribution in [0.2, 0.25) is 0 Å². The summed E-state index contributed by atoms with van der Waals surface area (Å²) in [6.07, 6.45) is 3.50. The number of anilines is 1. The number of fused-ring (bicyclic) bond motifs is 1. The molecule has 0 atom stereocenters. The van der Waals surface area contributed by atoms with Crippen molar-refractivity contribution < 1.29 is 23.8 Å². The summed E-state index contributed by atoms with van der Waals surface area (Å²) in [5.74, 6) is -0.326. The Morgan fingerprint density at radius 2 is 1.40 bits per heavy atom. The normalized spacial score (nSPS) is 12.9. The topological polar surface area (TPSA) is 115 Å². The molecule has 10 nitrogen and oxygen atoms in total. The van der Waals surface area contributed by atoms with Gasteiger partial charge in [-0.1, -0.05) is 30.8 Å². The van der Waals surface area contributed by atoms with Gasteiger partial charge in [0.05, 0.1) is 28.3 Å². The number of carbonyl (C=O) groups excluding carboxylic acids is 2. The van der Waals surface area contributed by atoms with Crippen LogP contribution in [0.3, 0.4) is 0 Å². The van der Waals surface area contributed by atoms with Gasteiger partial charge in [-0.2, -0.15) is 15.3 Å². The fourth-order valence-electron chi connectivity index (χ4n) is 5.27. The van der Waals surface area contributed by atoms with Gasteiger partial charge < -0.3 is 19.1 Å². The van der Waals surface area contributed by atoms with Crippen molar-refractivity contribution in [1.82, 2.24) is 0 Å². The van der Waals surface area contributed by atoms with Gasteiger partial charge in [0.25, 0.3) is 0 Å². The molecule has 0 bridgehead atoms. The van der Waals surface area contributed by atoms with E-state index in [1.807, 2.05) is 37.3 Å². The van der Waals surface area contributed by atoms with Crippen LogP contribution in [0, 0.1) is 6.92 Å². The summed E-state index contributed by atoms with van der Waals surface area (Å²) < 4.78 is 15.5. The highest BCUT2D eigenvalue weighted by atomic mass is 16.7. The van der Waals surface area contributed by atoms with Crippen LogP contribution in [-0.4, -0.2) is 31.8 Å². The molecule has 0 aromatic heterocycles. The lowest BCUT2D eigenvalue weighted by molar-refractivity contribution is -0.144. The molecule has 240 valence electrons. The third-order valence-corrected chi connectivity index (χ3v) is 7.78. The van der Waals surface area contributed by atoms with E-state index in [-0.39, 0.29) is 6.79 Å². The minimum Gasteiger partial charge on any atom is -0.457 e. The van der Waals surface area contributed by atoms with Crippen LogP contribution in [-0.2, 0) is 9.53 Å². The van der Waals surface area contributed by atoms with Gasteiger partial charge >= 0.3 is 11.9 Å². The molecule has 1 aliphatic rings. The molecule has 48 heavy (non-hydrogen) atoms. The fraction of sp³-hybridized carbons (Fsp3) is 0.158. The van der Waals surface area contributed by atoms with E-state index >= 15 is 0 Å². The maximum Gasteiger partial charge on any atom is 0.343 e. The standard InChI is InChI=1S/C38H33N5O5/c1-3-37(44)47-25-46-30-15-17-31(18-16-30)48-38(45)27-10-12-28(13-11-27)39-41-34-19-14-29(24-26(34)2)40-42-35-20-21-36(43-22-6-7-23-43)33-9-5-4-8-32(33)35/h3-5,8-21,24H,1,6-7,22-23,25H2,2H3. The monoisotopic (exact) mass is 639 g/mol. The zero-order valence-corrected chi connectivity index (χ0v) is 26.4. The number of esters is 2. The van der Waals surface area contributed by atoms with E-state index in [0.717, 1.165) is 41.5 Å². The number of azo groups is 2. The minimum absolute atomic E-state index is 0.253. The molecule has 0 radical (unpaired) electrons. The van der Waals surface area contributed by atoms with Crippen LogP contribution in [0.5, 0.6) is 11.5 Å². The number of ether oxygens (including phenoxy) is 3. The van der Waals surface area contributed by atoms with Crippen LogP contribution in [0.25, 0.3) is 10.8 Å². The van der Waals surface area contributed by atoms with Crippen molar-refractivity contribution >= 4 is 51.1 Å². The second-order valence-corrected chi connectivity index (χ2v) is 11.1. The van der Waals surface area contributed by atoms with E-state index in [2.05, 4.69) is 56.2 Å². The van der Waals surface area contributed by atoms with Crippen molar-refractivity contribution in [1.29, 1.82) is 0 Å². The first-order chi connectivity index (χ1) is 23.5. The molecule has 1 fully saturated rings. The SMILES string of the molecule is C=CC(=O)OCOc1ccc(OC(=O)c2ccc(N=Nc3ccc(N=Nc4ccc(N5CCCC5)c5ccccc45)cc3C)cc2)cc1. The molecule has 5 aromatic rings. The Morgan fingerprint density at radius 3 is 2.12 bits per heavy atom. The van der Waals surface area contributed by atoms with Gasteiger partial charge in [0.15, 0.2) is 0 Å². The Morgan fingerprint density at radius 1 is 0.750 bits per heavy atom. The number of rotatable bonds is 11. The van der Waals surface area contributed by atoms with Gasteiger partial charge in [0, 0.05) is 35.6 Å². The summed E-state index contributed by atoms with van der Waals surface area (Å²) in [5, 5.41) is 20.1. The van der Waals surface area contributed by atoms with Crippen molar-refractivity contribution in [3.63, 3.8) is 0 Å². The van der Waals surface area contributed by atoms with Crippen LogP contribution < -0.4 is 14.4 Å². The number of nitrogens with zero attached hydrogens (tertiary/aromatic N) is 5. The summed E-state index contributed by atoms with van der Waals surface area (Å²) in [6.45, 7) is 7.18. The maximum absolute atomic E-state index is 12.6. The lowest BCUT2D eigenvalue weighted by atomic mass is 10.1. The van der Waals surface area contributed by atoms with Crippen molar-refractivity contribution in [2.45, 2.75) is 19.8 Å².